The molecule has 1 heteroatoms. The number of hydrogen-bond acceptors (Lipinski definition) is 0. The number of benzene rings is 9. The Labute approximate surface area is 375 Å². The molecular formula is C62H61N. The van der Waals surface area contributed by atoms with Crippen LogP contribution in [0, 0.1) is 0 Å². The van der Waals surface area contributed by atoms with Gasteiger partial charge in [-0.3, -0.25) is 0 Å². The number of nitrogens with zero attached hydrogens (tertiary/aromatic N) is 1. The minimum absolute atomic E-state index is 0.148. The Balaban J connectivity index is 0.000000130. The molecule has 0 aliphatic heterocycles. The summed E-state index contributed by atoms with van der Waals surface area (Å²) in [6.07, 6.45) is 0. The molecule has 0 aliphatic carbocycles. The first-order valence-corrected chi connectivity index (χ1v) is 22.4. The Morgan fingerprint density at radius 3 is 1.32 bits per heavy atom. The van der Waals surface area contributed by atoms with Crippen LogP contribution >= 0.6 is 0 Å². The average molecular weight is 820 g/mol. The molecule has 314 valence electrons. The van der Waals surface area contributed by atoms with Crippen LogP contribution in [0.1, 0.15) is 79.0 Å². The summed E-state index contributed by atoms with van der Waals surface area (Å²) < 4.78 is 2.37. The Morgan fingerprint density at radius 2 is 0.714 bits per heavy atom. The first kappa shape index (κ1) is 43.0. The van der Waals surface area contributed by atoms with Gasteiger partial charge in [0.15, 0.2) is 0 Å². The second-order valence-electron chi connectivity index (χ2n) is 19.9. The maximum absolute atomic E-state index is 2.37. The summed E-state index contributed by atoms with van der Waals surface area (Å²) in [6, 6.07) is 74.3. The van der Waals surface area contributed by atoms with Crippen LogP contribution in [-0.4, -0.2) is 4.57 Å². The highest BCUT2D eigenvalue weighted by atomic mass is 15.0. The third-order valence-corrected chi connectivity index (χ3v) is 12.2. The highest BCUT2D eigenvalue weighted by molar-refractivity contribution is 6.09. The zero-order chi connectivity index (χ0) is 44.4. The lowest BCUT2D eigenvalue weighted by Gasteiger charge is -2.20. The fourth-order valence-corrected chi connectivity index (χ4v) is 8.48. The predicted octanol–water partition coefficient (Wildman–Crippen LogP) is 17.7. The largest absolute Gasteiger partial charge is 0.309 e. The van der Waals surface area contributed by atoms with E-state index in [0.29, 0.717) is 0 Å². The third kappa shape index (κ3) is 9.54. The molecule has 63 heavy (non-hydrogen) atoms. The van der Waals surface area contributed by atoms with Crippen LogP contribution in [-0.2, 0) is 16.2 Å². The molecule has 0 fully saturated rings. The smallest absolute Gasteiger partial charge is 0.0541 e. The fraction of sp³-hybridized carbons (Fsp3) is 0.194. The van der Waals surface area contributed by atoms with Gasteiger partial charge >= 0.3 is 0 Å². The Kier molecular flexibility index (Phi) is 12.0. The Hall–Kier alpha value is -6.70. The first-order chi connectivity index (χ1) is 30.1. The Bertz CT molecular complexity index is 3110. The van der Waals surface area contributed by atoms with E-state index < -0.39 is 0 Å². The van der Waals surface area contributed by atoms with Crippen molar-refractivity contribution in [1.29, 1.82) is 0 Å². The summed E-state index contributed by atoms with van der Waals surface area (Å²) in [6.45, 7) is 20.3. The SMILES string of the molecule is CC(C)(C)c1cccc(-c2ccc3ccccc3c2)c1.CC(C)(C)c1cccc(-c2cccc3ccccc23)c1.CC(C)(C)c1cccc(-n2c3ccccc3c3ccccc32)c1. The van der Waals surface area contributed by atoms with Crippen LogP contribution in [0.3, 0.4) is 0 Å². The minimum atomic E-state index is 0.148. The van der Waals surface area contributed by atoms with Gasteiger partial charge < -0.3 is 4.57 Å². The lowest BCUT2D eigenvalue weighted by atomic mass is 9.85. The van der Waals surface area contributed by atoms with Gasteiger partial charge in [-0.25, -0.2) is 0 Å². The molecule has 0 amide bonds. The van der Waals surface area contributed by atoms with Crippen LogP contribution < -0.4 is 0 Å². The van der Waals surface area contributed by atoms with Crippen molar-refractivity contribution in [3.8, 4) is 27.9 Å². The maximum atomic E-state index is 2.37. The normalized spacial score (nSPS) is 11.9. The van der Waals surface area contributed by atoms with Crippen molar-refractivity contribution in [1.82, 2.24) is 4.57 Å². The van der Waals surface area contributed by atoms with E-state index in [1.807, 2.05) is 0 Å². The van der Waals surface area contributed by atoms with Crippen molar-refractivity contribution in [2.24, 2.45) is 0 Å². The number of hydrogen-bond donors (Lipinski definition) is 0. The van der Waals surface area contributed by atoms with Crippen molar-refractivity contribution >= 4 is 43.4 Å². The van der Waals surface area contributed by atoms with Crippen LogP contribution in [0.25, 0.3) is 71.3 Å². The van der Waals surface area contributed by atoms with Crippen molar-refractivity contribution in [3.05, 3.63) is 223 Å². The molecule has 0 unspecified atom stereocenters. The fourth-order valence-electron chi connectivity index (χ4n) is 8.48. The molecule has 0 radical (unpaired) electrons. The van der Waals surface area contributed by atoms with Gasteiger partial charge in [0, 0.05) is 16.5 Å². The summed E-state index contributed by atoms with van der Waals surface area (Å²) in [5.74, 6) is 0. The lowest BCUT2D eigenvalue weighted by Crippen LogP contribution is -2.11. The van der Waals surface area contributed by atoms with Gasteiger partial charge in [-0.2, -0.15) is 0 Å². The number of rotatable bonds is 3. The second-order valence-corrected chi connectivity index (χ2v) is 19.9. The molecule has 1 nitrogen and oxygen atoms in total. The van der Waals surface area contributed by atoms with E-state index in [1.165, 1.54) is 88.0 Å². The van der Waals surface area contributed by atoms with E-state index in [1.54, 1.807) is 0 Å². The molecule has 9 aromatic carbocycles. The lowest BCUT2D eigenvalue weighted by molar-refractivity contribution is 0.590. The molecule has 1 heterocycles. The molecule has 0 bridgehead atoms. The predicted molar refractivity (Wildman–Crippen MR) is 276 cm³/mol. The van der Waals surface area contributed by atoms with Crippen LogP contribution in [0.2, 0.25) is 0 Å². The maximum Gasteiger partial charge on any atom is 0.0541 e. The standard InChI is InChI=1S/C22H21N.2C20H20/c1-22(2,3)16-9-8-10-17(15-16)23-20-13-6-4-11-18(20)19-12-5-7-14-21(19)23;1-20(2,3)17-11-6-10-16(14-17)19-13-7-9-15-8-4-5-12-18(15)19;1-20(2,3)19-10-6-9-17(14-19)18-12-11-15-7-4-5-8-16(15)13-18/h4-15H,1-3H3;2*4-14H,1-3H3. The molecule has 0 atom stereocenters. The molecule has 0 saturated heterocycles. The summed E-state index contributed by atoms with van der Waals surface area (Å²) in [5.41, 5.74) is 13.6. The first-order valence-electron chi connectivity index (χ1n) is 22.4. The van der Waals surface area contributed by atoms with Crippen molar-refractivity contribution in [2.45, 2.75) is 78.6 Å². The van der Waals surface area contributed by atoms with Crippen molar-refractivity contribution < 1.29 is 0 Å². The molecule has 1 aromatic heterocycles. The topological polar surface area (TPSA) is 4.93 Å². The van der Waals surface area contributed by atoms with Gasteiger partial charge in [0.05, 0.1) is 11.0 Å². The summed E-state index contributed by atoms with van der Waals surface area (Å²) >= 11 is 0. The van der Waals surface area contributed by atoms with Crippen molar-refractivity contribution in [3.63, 3.8) is 0 Å². The highest BCUT2D eigenvalue weighted by Crippen LogP contribution is 2.35. The van der Waals surface area contributed by atoms with Gasteiger partial charge in [-0.15, -0.1) is 0 Å². The molecule has 0 saturated carbocycles. The molecule has 10 aromatic rings. The van der Waals surface area contributed by atoms with E-state index in [9.17, 15) is 0 Å². The summed E-state index contributed by atoms with van der Waals surface area (Å²) in [4.78, 5) is 0. The quantitative estimate of drug-likeness (QED) is 0.167. The number of para-hydroxylation sites is 2. The molecule has 0 N–H and O–H groups in total. The molecule has 0 aliphatic rings. The van der Waals surface area contributed by atoms with E-state index in [4.69, 9.17) is 0 Å². The van der Waals surface area contributed by atoms with Gasteiger partial charge in [0.2, 0.25) is 0 Å². The van der Waals surface area contributed by atoms with Gasteiger partial charge in [-0.1, -0.05) is 238 Å². The van der Waals surface area contributed by atoms with Crippen LogP contribution in [0.4, 0.5) is 0 Å². The summed E-state index contributed by atoms with van der Waals surface area (Å²) in [5, 5.41) is 7.83. The van der Waals surface area contributed by atoms with Crippen LogP contribution in [0.5, 0.6) is 0 Å². The van der Waals surface area contributed by atoms with E-state index >= 15 is 0 Å². The molecule has 0 spiro atoms. The molecular weight excluding hydrogens is 759 g/mol. The van der Waals surface area contributed by atoms with Gasteiger partial charge in [0.25, 0.3) is 0 Å². The zero-order valence-corrected chi connectivity index (χ0v) is 38.6. The van der Waals surface area contributed by atoms with E-state index in [2.05, 4.69) is 273 Å². The monoisotopic (exact) mass is 819 g/mol. The van der Waals surface area contributed by atoms with Crippen LogP contribution in [0.15, 0.2) is 206 Å². The Morgan fingerprint density at radius 1 is 0.286 bits per heavy atom. The zero-order valence-electron chi connectivity index (χ0n) is 38.6. The van der Waals surface area contributed by atoms with Gasteiger partial charge in [0.1, 0.15) is 0 Å². The van der Waals surface area contributed by atoms with E-state index in [-0.39, 0.29) is 16.2 Å². The second kappa shape index (κ2) is 17.6. The highest BCUT2D eigenvalue weighted by Gasteiger charge is 2.18. The summed E-state index contributed by atoms with van der Waals surface area (Å²) in [7, 11) is 0. The van der Waals surface area contributed by atoms with Gasteiger partial charge in [-0.05, 0) is 107 Å². The number of fused-ring (bicyclic) bond motifs is 5. The average Bonchev–Trinajstić information content (AvgIpc) is 3.63. The molecule has 10 rings (SSSR count). The minimum Gasteiger partial charge on any atom is -0.309 e. The van der Waals surface area contributed by atoms with Crippen molar-refractivity contribution in [2.75, 3.05) is 0 Å². The van der Waals surface area contributed by atoms with E-state index in [0.717, 1.165) is 0 Å². The third-order valence-electron chi connectivity index (χ3n) is 12.2. The number of aromatic nitrogens is 1.